The van der Waals surface area contributed by atoms with Crippen molar-refractivity contribution in [2.75, 3.05) is 13.1 Å². The SMILES string of the molecule is C[C@H]1[C@@H](C(=O)N2CCCC2)CC(=O)/C(=N/OCc2ccccc2)C[C@@H]1c1ccccc1. The van der Waals surface area contributed by atoms with Crippen molar-refractivity contribution >= 4 is 17.4 Å². The molecule has 0 radical (unpaired) electrons. The molecule has 31 heavy (non-hydrogen) atoms. The van der Waals surface area contributed by atoms with Crippen LogP contribution in [0.4, 0.5) is 0 Å². The van der Waals surface area contributed by atoms with Crippen LogP contribution in [0.5, 0.6) is 0 Å². The van der Waals surface area contributed by atoms with Crippen molar-refractivity contribution in [3.8, 4) is 0 Å². The average molecular weight is 419 g/mol. The summed E-state index contributed by atoms with van der Waals surface area (Å²) >= 11 is 0. The first-order valence-corrected chi connectivity index (χ1v) is 11.2. The number of benzene rings is 2. The van der Waals surface area contributed by atoms with E-state index in [9.17, 15) is 9.59 Å². The summed E-state index contributed by atoms with van der Waals surface area (Å²) in [7, 11) is 0. The molecule has 1 heterocycles. The van der Waals surface area contributed by atoms with E-state index >= 15 is 0 Å². The summed E-state index contributed by atoms with van der Waals surface area (Å²) in [5, 5.41) is 4.26. The van der Waals surface area contributed by atoms with Gasteiger partial charge in [0.1, 0.15) is 12.3 Å². The Balaban J connectivity index is 1.58. The number of rotatable bonds is 5. The van der Waals surface area contributed by atoms with Crippen LogP contribution in [0, 0.1) is 11.8 Å². The van der Waals surface area contributed by atoms with Crippen molar-refractivity contribution in [1.29, 1.82) is 0 Å². The minimum atomic E-state index is -0.322. The fourth-order valence-electron chi connectivity index (χ4n) is 4.74. The molecule has 1 aliphatic heterocycles. The van der Waals surface area contributed by atoms with Gasteiger partial charge in [0.05, 0.1) is 0 Å². The number of carbonyl (C=O) groups excluding carboxylic acids is 2. The van der Waals surface area contributed by atoms with Crippen LogP contribution in [-0.4, -0.2) is 35.4 Å². The second kappa shape index (κ2) is 9.90. The maximum atomic E-state index is 13.3. The zero-order chi connectivity index (χ0) is 21.6. The van der Waals surface area contributed by atoms with Crippen molar-refractivity contribution in [2.24, 2.45) is 17.0 Å². The second-order valence-corrected chi connectivity index (χ2v) is 8.64. The number of Topliss-reactive ketones (excluding diaryl/α,β-unsaturated/α-hetero) is 1. The minimum Gasteiger partial charge on any atom is -0.391 e. The molecule has 0 spiro atoms. The summed E-state index contributed by atoms with van der Waals surface area (Å²) in [5.41, 5.74) is 2.58. The van der Waals surface area contributed by atoms with E-state index in [0.29, 0.717) is 18.7 Å². The van der Waals surface area contributed by atoms with E-state index in [0.717, 1.165) is 37.1 Å². The first-order chi connectivity index (χ1) is 15.1. The third-order valence-electron chi connectivity index (χ3n) is 6.62. The maximum absolute atomic E-state index is 13.3. The zero-order valence-electron chi connectivity index (χ0n) is 18.1. The van der Waals surface area contributed by atoms with Crippen LogP contribution in [0.1, 0.15) is 49.7 Å². The third-order valence-corrected chi connectivity index (χ3v) is 6.62. The van der Waals surface area contributed by atoms with Gasteiger partial charge in [0.2, 0.25) is 5.91 Å². The van der Waals surface area contributed by atoms with Crippen molar-refractivity contribution < 1.29 is 14.4 Å². The number of likely N-dealkylation sites (tertiary alicyclic amines) is 1. The van der Waals surface area contributed by atoms with E-state index in [2.05, 4.69) is 24.2 Å². The fraction of sp³-hybridized carbons (Fsp3) is 0.423. The predicted molar refractivity (Wildman–Crippen MR) is 121 cm³/mol. The van der Waals surface area contributed by atoms with Gasteiger partial charge in [0.25, 0.3) is 0 Å². The molecule has 0 bridgehead atoms. The van der Waals surface area contributed by atoms with Crippen LogP contribution in [-0.2, 0) is 21.0 Å². The summed E-state index contributed by atoms with van der Waals surface area (Å²) in [6.45, 7) is 4.03. The summed E-state index contributed by atoms with van der Waals surface area (Å²) < 4.78 is 0. The normalized spacial score (nSPS) is 25.5. The molecule has 5 nitrogen and oxygen atoms in total. The van der Waals surface area contributed by atoms with Crippen molar-refractivity contribution in [2.45, 2.75) is 45.1 Å². The molecule has 4 rings (SSSR count). The quantitative estimate of drug-likeness (QED) is 0.527. The highest BCUT2D eigenvalue weighted by atomic mass is 16.6. The molecule has 5 heteroatoms. The molecule has 2 fully saturated rings. The van der Waals surface area contributed by atoms with Crippen molar-refractivity contribution in [3.05, 3.63) is 71.8 Å². The van der Waals surface area contributed by atoms with Crippen LogP contribution < -0.4 is 0 Å². The molecular weight excluding hydrogens is 388 g/mol. The second-order valence-electron chi connectivity index (χ2n) is 8.64. The van der Waals surface area contributed by atoms with Gasteiger partial charge in [-0.05, 0) is 35.8 Å². The number of amides is 1. The summed E-state index contributed by atoms with van der Waals surface area (Å²) in [6.07, 6.45) is 2.78. The van der Waals surface area contributed by atoms with E-state index in [4.69, 9.17) is 4.84 Å². The van der Waals surface area contributed by atoms with E-state index in [1.165, 1.54) is 0 Å². The largest absolute Gasteiger partial charge is 0.391 e. The topological polar surface area (TPSA) is 59.0 Å². The number of oxime groups is 1. The lowest BCUT2D eigenvalue weighted by Crippen LogP contribution is -2.38. The Morgan fingerprint density at radius 1 is 1.00 bits per heavy atom. The first kappa shape index (κ1) is 21.3. The Hall–Kier alpha value is -2.95. The summed E-state index contributed by atoms with van der Waals surface area (Å²) in [4.78, 5) is 33.9. The van der Waals surface area contributed by atoms with E-state index in [1.807, 2.05) is 53.4 Å². The van der Waals surface area contributed by atoms with Crippen LogP contribution in [0.2, 0.25) is 0 Å². The standard InChI is InChI=1S/C26H30N2O3/c1-19-22(21-12-6-3-7-13-21)16-24(27-31-18-20-10-4-2-5-11-20)25(29)17-23(19)26(30)28-14-8-9-15-28/h2-7,10-13,19,22-23H,8-9,14-18H2,1H3/b27-24+/t19-,22+,23+/m1/s1. The molecule has 3 atom stereocenters. The van der Waals surface area contributed by atoms with Crippen molar-refractivity contribution in [3.63, 3.8) is 0 Å². The highest BCUT2D eigenvalue weighted by Crippen LogP contribution is 2.39. The van der Waals surface area contributed by atoms with Gasteiger partial charge in [0, 0.05) is 31.8 Å². The van der Waals surface area contributed by atoms with Gasteiger partial charge in [-0.25, -0.2) is 0 Å². The molecular formula is C26H30N2O3. The highest BCUT2D eigenvalue weighted by Gasteiger charge is 2.41. The van der Waals surface area contributed by atoms with Gasteiger partial charge in [0.15, 0.2) is 5.78 Å². The molecule has 1 aliphatic carbocycles. The average Bonchev–Trinajstić information content (AvgIpc) is 3.31. The van der Waals surface area contributed by atoms with E-state index in [-0.39, 0.29) is 35.9 Å². The first-order valence-electron chi connectivity index (χ1n) is 11.2. The molecule has 1 saturated carbocycles. The molecule has 162 valence electrons. The number of carbonyl (C=O) groups is 2. The number of nitrogens with zero attached hydrogens (tertiary/aromatic N) is 2. The van der Waals surface area contributed by atoms with Crippen LogP contribution >= 0.6 is 0 Å². The van der Waals surface area contributed by atoms with Gasteiger partial charge in [-0.15, -0.1) is 0 Å². The fourth-order valence-corrected chi connectivity index (χ4v) is 4.74. The Morgan fingerprint density at radius 3 is 2.32 bits per heavy atom. The summed E-state index contributed by atoms with van der Waals surface area (Å²) in [6, 6.07) is 19.9. The van der Waals surface area contributed by atoms with Crippen LogP contribution in [0.15, 0.2) is 65.8 Å². The molecule has 0 N–H and O–H groups in total. The lowest BCUT2D eigenvalue weighted by molar-refractivity contribution is -0.138. The van der Waals surface area contributed by atoms with Gasteiger partial charge < -0.3 is 9.74 Å². The molecule has 2 aromatic carbocycles. The maximum Gasteiger partial charge on any atom is 0.226 e. The molecule has 2 aromatic rings. The lowest BCUT2D eigenvalue weighted by atomic mass is 9.77. The number of hydrogen-bond donors (Lipinski definition) is 0. The highest BCUT2D eigenvalue weighted by molar-refractivity contribution is 6.40. The summed E-state index contributed by atoms with van der Waals surface area (Å²) in [5.74, 6) is -0.191. The Kier molecular flexibility index (Phi) is 6.80. The van der Waals surface area contributed by atoms with Gasteiger partial charge >= 0.3 is 0 Å². The smallest absolute Gasteiger partial charge is 0.226 e. The van der Waals surface area contributed by atoms with Gasteiger partial charge in [-0.2, -0.15) is 0 Å². The van der Waals surface area contributed by atoms with Crippen LogP contribution in [0.3, 0.4) is 0 Å². The Morgan fingerprint density at radius 2 is 1.65 bits per heavy atom. The van der Waals surface area contributed by atoms with Gasteiger partial charge in [-0.1, -0.05) is 72.7 Å². The van der Waals surface area contributed by atoms with Crippen LogP contribution in [0.25, 0.3) is 0 Å². The monoisotopic (exact) mass is 418 g/mol. The lowest BCUT2D eigenvalue weighted by Gasteiger charge is -2.30. The van der Waals surface area contributed by atoms with Gasteiger partial charge in [-0.3, -0.25) is 9.59 Å². The molecule has 1 saturated heterocycles. The number of hydrogen-bond acceptors (Lipinski definition) is 4. The number of ketones is 1. The zero-order valence-corrected chi connectivity index (χ0v) is 18.1. The molecule has 2 aliphatic rings. The van der Waals surface area contributed by atoms with E-state index in [1.54, 1.807) is 0 Å². The minimum absolute atomic E-state index is 0.0428. The third kappa shape index (κ3) is 5.04. The molecule has 1 amide bonds. The Labute approximate surface area is 184 Å². The Bertz CT molecular complexity index is 920. The predicted octanol–water partition coefficient (Wildman–Crippen LogP) is 4.58. The molecule has 0 unspecified atom stereocenters. The van der Waals surface area contributed by atoms with Crippen molar-refractivity contribution in [1.82, 2.24) is 4.90 Å². The van der Waals surface area contributed by atoms with E-state index < -0.39 is 0 Å². The molecule has 0 aromatic heterocycles.